The minimum atomic E-state index is 0.0850. The minimum absolute atomic E-state index is 0.0850. The fourth-order valence-electron chi connectivity index (χ4n) is 1.08. The topological polar surface area (TPSA) is 26.0 Å². The maximum Gasteiger partial charge on any atom is 0.0408 e. The van der Waals surface area contributed by atoms with E-state index in [2.05, 4.69) is 15.9 Å². The lowest BCUT2D eigenvalue weighted by atomic mass is 9.99. The van der Waals surface area contributed by atoms with Gasteiger partial charge in [0, 0.05) is 15.9 Å². The molecule has 1 aliphatic rings. The molecule has 0 heterocycles. The number of rotatable bonds is 1. The zero-order chi connectivity index (χ0) is 8.43. The maximum absolute atomic E-state index is 5.83. The zero-order valence-electron chi connectivity index (χ0n) is 6.35. The van der Waals surface area contributed by atoms with Crippen molar-refractivity contribution >= 4 is 27.5 Å². The van der Waals surface area contributed by atoms with Crippen LogP contribution in [0.25, 0.3) is 0 Å². The van der Waals surface area contributed by atoms with Crippen molar-refractivity contribution in [2.75, 3.05) is 0 Å². The Morgan fingerprint density at radius 3 is 2.91 bits per heavy atom. The molecule has 0 saturated heterocycles. The van der Waals surface area contributed by atoms with Crippen LogP contribution in [-0.2, 0) is 0 Å². The Morgan fingerprint density at radius 1 is 1.82 bits per heavy atom. The van der Waals surface area contributed by atoms with Gasteiger partial charge >= 0.3 is 0 Å². The number of hydrogen-bond acceptors (Lipinski definition) is 1. The summed E-state index contributed by atoms with van der Waals surface area (Å²) < 4.78 is 0. The van der Waals surface area contributed by atoms with Crippen molar-refractivity contribution in [1.29, 1.82) is 0 Å². The van der Waals surface area contributed by atoms with Gasteiger partial charge in [-0.1, -0.05) is 33.6 Å². The van der Waals surface area contributed by atoms with E-state index in [1.165, 1.54) is 5.57 Å². The van der Waals surface area contributed by atoms with Crippen LogP contribution in [0, 0.1) is 0 Å². The van der Waals surface area contributed by atoms with Gasteiger partial charge in [-0.05, 0) is 25.0 Å². The number of allylic oxidation sites excluding steroid dienone is 3. The molecule has 2 unspecified atom stereocenters. The summed E-state index contributed by atoms with van der Waals surface area (Å²) in [5.74, 6) is 0. The van der Waals surface area contributed by atoms with Crippen LogP contribution >= 0.6 is 27.5 Å². The van der Waals surface area contributed by atoms with Crippen molar-refractivity contribution in [3.8, 4) is 0 Å². The third-order valence-corrected chi connectivity index (χ3v) is 2.88. The molecule has 1 rings (SSSR count). The molecule has 1 aliphatic carbocycles. The summed E-state index contributed by atoms with van der Waals surface area (Å²) in [6.45, 7) is 1.97. The van der Waals surface area contributed by atoms with E-state index < -0.39 is 0 Å². The van der Waals surface area contributed by atoms with Crippen molar-refractivity contribution < 1.29 is 0 Å². The summed E-state index contributed by atoms with van der Waals surface area (Å²) in [6, 6.07) is 0.0850. The smallest absolute Gasteiger partial charge is 0.0408 e. The van der Waals surface area contributed by atoms with Crippen molar-refractivity contribution in [1.82, 2.24) is 0 Å². The lowest BCUT2D eigenvalue weighted by molar-refractivity contribution is 0.796. The first-order valence-electron chi connectivity index (χ1n) is 3.58. The van der Waals surface area contributed by atoms with Crippen LogP contribution < -0.4 is 5.73 Å². The average Bonchev–Trinajstić information content (AvgIpc) is 1.94. The molecule has 0 aliphatic heterocycles. The molecule has 0 spiro atoms. The molecule has 0 saturated carbocycles. The molecule has 62 valence electrons. The standard InChI is InChI=1S/C8H11BrClN/c1-5(11)7-4-6(10)2-3-8(7)9/h2,4-5,8H,3,11H2,1H3. The molecular formula is C8H11BrClN. The fourth-order valence-corrected chi connectivity index (χ4v) is 2.03. The van der Waals surface area contributed by atoms with E-state index in [9.17, 15) is 0 Å². The van der Waals surface area contributed by atoms with Crippen molar-refractivity contribution in [3.05, 3.63) is 22.8 Å². The van der Waals surface area contributed by atoms with E-state index >= 15 is 0 Å². The van der Waals surface area contributed by atoms with Crippen LogP contribution in [0.2, 0.25) is 0 Å². The predicted octanol–water partition coefficient (Wildman–Crippen LogP) is 2.55. The zero-order valence-corrected chi connectivity index (χ0v) is 8.69. The number of halogens is 2. The molecular weight excluding hydrogens is 225 g/mol. The lowest BCUT2D eigenvalue weighted by Gasteiger charge is -2.19. The molecule has 2 N–H and O–H groups in total. The first-order valence-corrected chi connectivity index (χ1v) is 4.87. The maximum atomic E-state index is 5.83. The minimum Gasteiger partial charge on any atom is -0.324 e. The van der Waals surface area contributed by atoms with Crippen LogP contribution in [0.15, 0.2) is 22.8 Å². The first-order chi connectivity index (χ1) is 5.11. The van der Waals surface area contributed by atoms with Gasteiger partial charge in [0.25, 0.3) is 0 Å². The van der Waals surface area contributed by atoms with E-state index in [1.54, 1.807) is 0 Å². The monoisotopic (exact) mass is 235 g/mol. The second kappa shape index (κ2) is 3.74. The molecule has 0 fully saturated rings. The van der Waals surface area contributed by atoms with Gasteiger partial charge in [-0.3, -0.25) is 0 Å². The second-order valence-electron chi connectivity index (χ2n) is 2.73. The largest absolute Gasteiger partial charge is 0.324 e. The predicted molar refractivity (Wildman–Crippen MR) is 53.0 cm³/mol. The molecule has 2 atom stereocenters. The average molecular weight is 237 g/mol. The highest BCUT2D eigenvalue weighted by Gasteiger charge is 2.16. The highest BCUT2D eigenvalue weighted by Crippen LogP contribution is 2.27. The van der Waals surface area contributed by atoms with Crippen molar-refractivity contribution in [3.63, 3.8) is 0 Å². The molecule has 0 bridgehead atoms. The Balaban J connectivity index is 2.81. The Kier molecular flexibility index (Phi) is 3.16. The summed E-state index contributed by atoms with van der Waals surface area (Å²) in [6.07, 6.45) is 4.87. The quantitative estimate of drug-likeness (QED) is 0.696. The Hall–Kier alpha value is 0.210. The van der Waals surface area contributed by atoms with Gasteiger partial charge < -0.3 is 5.73 Å². The number of hydrogen-bond donors (Lipinski definition) is 1. The molecule has 0 amide bonds. The van der Waals surface area contributed by atoms with Gasteiger partial charge in [0.15, 0.2) is 0 Å². The summed E-state index contributed by atoms with van der Waals surface area (Å²) in [5.41, 5.74) is 6.91. The van der Waals surface area contributed by atoms with Crippen molar-refractivity contribution in [2.24, 2.45) is 5.73 Å². The van der Waals surface area contributed by atoms with Crippen LogP contribution in [0.3, 0.4) is 0 Å². The lowest BCUT2D eigenvalue weighted by Crippen LogP contribution is -2.24. The van der Waals surface area contributed by atoms with E-state index in [4.69, 9.17) is 17.3 Å². The Bertz CT molecular complexity index is 208. The highest BCUT2D eigenvalue weighted by atomic mass is 79.9. The summed E-state index contributed by atoms with van der Waals surface area (Å²) in [7, 11) is 0. The van der Waals surface area contributed by atoms with Gasteiger partial charge in [0.05, 0.1) is 0 Å². The molecule has 0 aromatic rings. The SMILES string of the molecule is CC(N)C1=CC(Cl)=CCC1Br. The summed E-state index contributed by atoms with van der Waals surface area (Å²) in [4.78, 5) is 0.366. The van der Waals surface area contributed by atoms with E-state index in [0.717, 1.165) is 11.5 Å². The molecule has 0 aromatic carbocycles. The Labute approximate surface area is 80.4 Å². The molecule has 0 radical (unpaired) electrons. The highest BCUT2D eigenvalue weighted by molar-refractivity contribution is 9.09. The molecule has 1 nitrogen and oxygen atoms in total. The number of nitrogens with two attached hydrogens (primary N) is 1. The summed E-state index contributed by atoms with van der Waals surface area (Å²) >= 11 is 9.36. The van der Waals surface area contributed by atoms with Crippen LogP contribution in [-0.4, -0.2) is 10.9 Å². The van der Waals surface area contributed by atoms with Gasteiger partial charge in [0.2, 0.25) is 0 Å². The normalized spacial score (nSPS) is 27.5. The molecule has 0 aromatic heterocycles. The van der Waals surface area contributed by atoms with E-state index in [0.29, 0.717) is 4.83 Å². The van der Waals surface area contributed by atoms with Crippen LogP contribution in [0.1, 0.15) is 13.3 Å². The van der Waals surface area contributed by atoms with E-state index in [1.807, 2.05) is 19.1 Å². The fraction of sp³-hybridized carbons (Fsp3) is 0.500. The van der Waals surface area contributed by atoms with Gasteiger partial charge in [-0.15, -0.1) is 0 Å². The third kappa shape index (κ3) is 2.32. The van der Waals surface area contributed by atoms with Gasteiger partial charge in [-0.2, -0.15) is 0 Å². The first kappa shape index (κ1) is 9.30. The van der Waals surface area contributed by atoms with Crippen molar-refractivity contribution in [2.45, 2.75) is 24.2 Å². The van der Waals surface area contributed by atoms with E-state index in [-0.39, 0.29) is 6.04 Å². The summed E-state index contributed by atoms with van der Waals surface area (Å²) in [5, 5.41) is 0.799. The number of alkyl halides is 1. The van der Waals surface area contributed by atoms with Gasteiger partial charge in [0.1, 0.15) is 0 Å². The van der Waals surface area contributed by atoms with Crippen LogP contribution in [0.5, 0.6) is 0 Å². The Morgan fingerprint density at radius 2 is 2.45 bits per heavy atom. The second-order valence-corrected chi connectivity index (χ2v) is 4.27. The third-order valence-electron chi connectivity index (χ3n) is 1.71. The van der Waals surface area contributed by atoms with Gasteiger partial charge in [-0.25, -0.2) is 0 Å². The molecule has 11 heavy (non-hydrogen) atoms. The van der Waals surface area contributed by atoms with Crippen LogP contribution in [0.4, 0.5) is 0 Å². The molecule has 3 heteroatoms.